The third kappa shape index (κ3) is 4.04. The van der Waals surface area contributed by atoms with Gasteiger partial charge in [0.05, 0.1) is 0 Å². The Morgan fingerprint density at radius 3 is 2.43 bits per heavy atom. The van der Waals surface area contributed by atoms with E-state index in [9.17, 15) is 14.4 Å². The molecule has 0 amide bonds. The van der Waals surface area contributed by atoms with Crippen LogP contribution in [0.25, 0.3) is 0 Å². The number of ketones is 1. The van der Waals surface area contributed by atoms with Gasteiger partial charge >= 0.3 is 11.9 Å². The Kier molecular flexibility index (Phi) is 5.75. The molecule has 4 rings (SSSR count). The summed E-state index contributed by atoms with van der Waals surface area (Å²) in [5.74, 6) is -1.38. The van der Waals surface area contributed by atoms with E-state index in [0.29, 0.717) is 23.4 Å². The molecule has 1 heterocycles. The van der Waals surface area contributed by atoms with Gasteiger partial charge in [-0.1, -0.05) is 18.7 Å². The quantitative estimate of drug-likeness (QED) is 0.600. The highest BCUT2D eigenvalue weighted by Gasteiger charge is 2.44. The van der Waals surface area contributed by atoms with Crippen LogP contribution in [-0.4, -0.2) is 23.8 Å². The molecule has 0 spiro atoms. The Bertz CT molecular complexity index is 908. The molecule has 30 heavy (non-hydrogen) atoms. The zero-order chi connectivity index (χ0) is 21.3. The molecule has 2 aliphatic carbocycles. The summed E-state index contributed by atoms with van der Waals surface area (Å²) in [7, 11) is 0. The standard InChI is InChI=1S/C24H27NO5/c1-14-21(24(28)30-17-6-3-4-7-17)22(23-19(25-14)8-5-9-20(23)27)16-10-12-18(13-11-16)29-15(2)26/h10-13,17,21-22,25H,1,3-9H2,2H3. The first-order chi connectivity index (χ1) is 14.4. The first-order valence-corrected chi connectivity index (χ1v) is 10.6. The Morgan fingerprint density at radius 2 is 1.77 bits per heavy atom. The van der Waals surface area contributed by atoms with Crippen LogP contribution in [0, 0.1) is 5.92 Å². The number of allylic oxidation sites excluding steroid dienone is 2. The number of esters is 2. The van der Waals surface area contributed by atoms with Crippen LogP contribution < -0.4 is 10.1 Å². The average Bonchev–Trinajstić information content (AvgIpc) is 3.20. The lowest BCUT2D eigenvalue weighted by atomic mass is 9.71. The zero-order valence-electron chi connectivity index (χ0n) is 17.2. The second-order valence-corrected chi connectivity index (χ2v) is 8.28. The fourth-order valence-corrected chi connectivity index (χ4v) is 4.78. The van der Waals surface area contributed by atoms with Crippen molar-refractivity contribution in [3.8, 4) is 5.75 Å². The Morgan fingerprint density at radius 1 is 1.07 bits per heavy atom. The Hall–Kier alpha value is -2.89. The zero-order valence-corrected chi connectivity index (χ0v) is 17.2. The van der Waals surface area contributed by atoms with E-state index in [1.165, 1.54) is 6.92 Å². The molecule has 158 valence electrons. The fraction of sp³-hybridized carbons (Fsp3) is 0.458. The van der Waals surface area contributed by atoms with Gasteiger partial charge in [-0.25, -0.2) is 0 Å². The molecular weight excluding hydrogens is 382 g/mol. The van der Waals surface area contributed by atoms with Gasteiger partial charge in [-0.05, 0) is 56.2 Å². The molecule has 0 saturated heterocycles. The summed E-state index contributed by atoms with van der Waals surface area (Å²) in [5.41, 5.74) is 2.89. The maximum absolute atomic E-state index is 13.2. The summed E-state index contributed by atoms with van der Waals surface area (Å²) in [5, 5.41) is 3.24. The summed E-state index contributed by atoms with van der Waals surface area (Å²) < 4.78 is 11.0. The lowest BCUT2D eigenvalue weighted by Crippen LogP contribution is -2.41. The van der Waals surface area contributed by atoms with E-state index in [4.69, 9.17) is 9.47 Å². The van der Waals surface area contributed by atoms with Crippen molar-refractivity contribution in [2.75, 3.05) is 0 Å². The second kappa shape index (κ2) is 8.46. The van der Waals surface area contributed by atoms with Gasteiger partial charge in [0.25, 0.3) is 0 Å². The molecule has 0 radical (unpaired) electrons. The van der Waals surface area contributed by atoms with Crippen LogP contribution in [0.3, 0.4) is 0 Å². The predicted molar refractivity (Wildman–Crippen MR) is 110 cm³/mol. The molecule has 1 N–H and O–H groups in total. The number of rotatable bonds is 4. The van der Waals surface area contributed by atoms with Gasteiger partial charge in [-0.3, -0.25) is 14.4 Å². The van der Waals surface area contributed by atoms with Gasteiger partial charge < -0.3 is 14.8 Å². The molecule has 2 atom stereocenters. The molecule has 0 bridgehead atoms. The number of carbonyl (C=O) groups is 3. The highest BCUT2D eigenvalue weighted by Crippen LogP contribution is 2.45. The van der Waals surface area contributed by atoms with E-state index in [1.807, 2.05) is 12.1 Å². The molecule has 2 unspecified atom stereocenters. The van der Waals surface area contributed by atoms with Crippen LogP contribution in [0.1, 0.15) is 63.4 Å². The van der Waals surface area contributed by atoms with E-state index < -0.39 is 17.8 Å². The summed E-state index contributed by atoms with van der Waals surface area (Å²) in [6.07, 6.45) is 5.85. The molecule has 1 aromatic carbocycles. The lowest BCUT2D eigenvalue weighted by molar-refractivity contribution is -0.153. The van der Waals surface area contributed by atoms with Crippen molar-refractivity contribution >= 4 is 17.7 Å². The normalized spacial score (nSPS) is 24.3. The maximum atomic E-state index is 13.2. The van der Waals surface area contributed by atoms with Gasteiger partial charge in [-0.2, -0.15) is 0 Å². The van der Waals surface area contributed by atoms with E-state index in [0.717, 1.165) is 49.8 Å². The van der Waals surface area contributed by atoms with Gasteiger partial charge in [0.15, 0.2) is 5.78 Å². The molecule has 3 aliphatic rings. The van der Waals surface area contributed by atoms with E-state index in [1.54, 1.807) is 12.1 Å². The Labute approximate surface area is 176 Å². The number of hydrogen-bond acceptors (Lipinski definition) is 6. The van der Waals surface area contributed by atoms with Crippen molar-refractivity contribution in [1.29, 1.82) is 0 Å². The minimum absolute atomic E-state index is 0.0592. The SMILES string of the molecule is C=C1NC2=C(C(=O)CCC2)C(c2ccc(OC(C)=O)cc2)C1C(=O)OC1CCCC1. The van der Waals surface area contributed by atoms with Crippen LogP contribution >= 0.6 is 0 Å². The van der Waals surface area contributed by atoms with Crippen molar-refractivity contribution in [3.63, 3.8) is 0 Å². The van der Waals surface area contributed by atoms with Crippen molar-refractivity contribution in [2.45, 2.75) is 63.9 Å². The fourth-order valence-electron chi connectivity index (χ4n) is 4.78. The molecular formula is C24H27NO5. The maximum Gasteiger partial charge on any atom is 0.316 e. The highest BCUT2D eigenvalue weighted by atomic mass is 16.5. The third-order valence-electron chi connectivity index (χ3n) is 6.13. The van der Waals surface area contributed by atoms with Crippen LogP contribution in [0.2, 0.25) is 0 Å². The number of hydrogen-bond donors (Lipinski definition) is 1. The third-order valence-corrected chi connectivity index (χ3v) is 6.13. The number of nitrogens with one attached hydrogen (secondary N) is 1. The van der Waals surface area contributed by atoms with Crippen LogP contribution in [-0.2, 0) is 19.1 Å². The summed E-state index contributed by atoms with van der Waals surface area (Å²) in [6, 6.07) is 7.00. The molecule has 6 nitrogen and oxygen atoms in total. The second-order valence-electron chi connectivity index (χ2n) is 8.28. The topological polar surface area (TPSA) is 81.7 Å². The van der Waals surface area contributed by atoms with Gasteiger partial charge in [0.1, 0.15) is 17.8 Å². The minimum Gasteiger partial charge on any atom is -0.462 e. The van der Waals surface area contributed by atoms with Crippen molar-refractivity contribution in [1.82, 2.24) is 5.32 Å². The molecule has 1 saturated carbocycles. The number of carbonyl (C=O) groups excluding carboxylic acids is 3. The summed E-state index contributed by atoms with van der Waals surface area (Å²) >= 11 is 0. The molecule has 1 aliphatic heterocycles. The monoisotopic (exact) mass is 409 g/mol. The molecule has 0 aromatic heterocycles. The smallest absolute Gasteiger partial charge is 0.316 e. The summed E-state index contributed by atoms with van der Waals surface area (Å²) in [6.45, 7) is 5.46. The van der Waals surface area contributed by atoms with Crippen LogP contribution in [0.15, 0.2) is 47.8 Å². The number of ether oxygens (including phenoxy) is 2. The lowest BCUT2D eigenvalue weighted by Gasteiger charge is -2.38. The number of Topliss-reactive ketones (excluding diaryl/α,β-unsaturated/α-hetero) is 1. The molecule has 1 fully saturated rings. The van der Waals surface area contributed by atoms with Gasteiger partial charge in [-0.15, -0.1) is 0 Å². The Balaban J connectivity index is 1.71. The van der Waals surface area contributed by atoms with Gasteiger partial charge in [0, 0.05) is 36.2 Å². The van der Waals surface area contributed by atoms with Crippen molar-refractivity contribution in [3.05, 3.63) is 53.4 Å². The van der Waals surface area contributed by atoms with Crippen LogP contribution in [0.5, 0.6) is 5.75 Å². The predicted octanol–water partition coefficient (Wildman–Crippen LogP) is 3.92. The van der Waals surface area contributed by atoms with Gasteiger partial charge in [0.2, 0.25) is 0 Å². The average molecular weight is 409 g/mol. The molecule has 1 aromatic rings. The van der Waals surface area contributed by atoms with E-state index >= 15 is 0 Å². The first-order valence-electron chi connectivity index (χ1n) is 10.6. The largest absolute Gasteiger partial charge is 0.462 e. The number of benzene rings is 1. The minimum atomic E-state index is -0.675. The molecule has 6 heteroatoms. The first kappa shape index (κ1) is 20.4. The van der Waals surface area contributed by atoms with E-state index in [-0.39, 0.29) is 17.9 Å². The van der Waals surface area contributed by atoms with Crippen molar-refractivity contribution in [2.24, 2.45) is 5.92 Å². The van der Waals surface area contributed by atoms with E-state index in [2.05, 4.69) is 11.9 Å². The van der Waals surface area contributed by atoms with Crippen LogP contribution in [0.4, 0.5) is 0 Å². The summed E-state index contributed by atoms with van der Waals surface area (Å²) in [4.78, 5) is 37.3. The van der Waals surface area contributed by atoms with Crippen molar-refractivity contribution < 1.29 is 23.9 Å². The highest BCUT2D eigenvalue weighted by molar-refractivity contribution is 6.00.